The van der Waals surface area contributed by atoms with Gasteiger partial charge in [-0.15, -0.1) is 31.2 Å². The molecule has 0 spiro atoms. The topological polar surface area (TPSA) is 20.2 Å². The van der Waals surface area contributed by atoms with Crippen LogP contribution in [0.5, 0.6) is 0 Å². The van der Waals surface area contributed by atoms with E-state index in [0.29, 0.717) is 0 Å². The molecule has 0 aliphatic heterocycles. The molecule has 1 N–H and O–H groups in total. The van der Waals surface area contributed by atoms with Gasteiger partial charge in [-0.2, -0.15) is 6.08 Å². The van der Waals surface area contributed by atoms with E-state index in [9.17, 15) is 0 Å². The zero-order chi connectivity index (χ0) is 5.54. The van der Waals surface area contributed by atoms with E-state index in [4.69, 9.17) is 5.11 Å². The summed E-state index contributed by atoms with van der Waals surface area (Å²) in [7, 11) is 1.00. The first-order valence-electron chi connectivity index (χ1n) is 2.16. The van der Waals surface area contributed by atoms with Gasteiger partial charge >= 0.3 is 0 Å². The van der Waals surface area contributed by atoms with Crippen LogP contribution < -0.4 is 0 Å². The molecule has 0 bridgehead atoms. The van der Waals surface area contributed by atoms with Gasteiger partial charge in [-0.25, -0.2) is 12.2 Å². The zero-order valence-electron chi connectivity index (χ0n) is 5.70. The molecule has 0 radical (unpaired) electrons. The first kappa shape index (κ1) is 22.4. The van der Waals surface area contributed by atoms with Crippen molar-refractivity contribution in [2.75, 3.05) is 7.11 Å². The second-order valence-electron chi connectivity index (χ2n) is 1.00. The first-order valence-corrected chi connectivity index (χ1v) is 2.16. The molecule has 0 amide bonds. The van der Waals surface area contributed by atoms with Gasteiger partial charge < -0.3 is 5.11 Å². The molecule has 0 heterocycles. The standard InChI is InChI=1S/C5H5.CH4O.2ClH.Zr/c1-2-4-5-3-1;1-2;;;/h1-3H,4H2;2H,1H3;2*1H;/q-1;;;;. The Morgan fingerprint density at radius 3 is 1.90 bits per heavy atom. The van der Waals surface area contributed by atoms with E-state index in [1.807, 2.05) is 12.2 Å². The number of rotatable bonds is 0. The molecule has 0 fully saturated rings. The number of allylic oxidation sites excluding steroid dienone is 4. The van der Waals surface area contributed by atoms with Crippen LogP contribution in [-0.2, 0) is 26.2 Å². The molecule has 60 valence electrons. The average Bonchev–Trinajstić information content (AvgIpc) is 2.23. The van der Waals surface area contributed by atoms with Gasteiger partial charge in [0.2, 0.25) is 0 Å². The third kappa shape index (κ3) is 16.0. The summed E-state index contributed by atoms with van der Waals surface area (Å²) in [5, 5.41) is 7.00. The second-order valence-corrected chi connectivity index (χ2v) is 1.00. The monoisotopic (exact) mass is 259 g/mol. The third-order valence-corrected chi connectivity index (χ3v) is 0.586. The van der Waals surface area contributed by atoms with Gasteiger partial charge in [0.05, 0.1) is 0 Å². The van der Waals surface area contributed by atoms with Crippen LogP contribution in [0.25, 0.3) is 0 Å². The van der Waals surface area contributed by atoms with Crippen molar-refractivity contribution in [3.8, 4) is 0 Å². The Hall–Kier alpha value is 0.903. The predicted molar refractivity (Wildman–Crippen MR) is 44.2 cm³/mol. The molecule has 0 aromatic rings. The Labute approximate surface area is 93.5 Å². The van der Waals surface area contributed by atoms with Crippen molar-refractivity contribution in [2.45, 2.75) is 6.42 Å². The van der Waals surface area contributed by atoms with Crippen LogP contribution >= 0.6 is 24.8 Å². The molecular formula is C6H11Cl2OZr-. The van der Waals surface area contributed by atoms with Gasteiger partial charge in [0.25, 0.3) is 0 Å². The fourth-order valence-electron chi connectivity index (χ4n) is 0.340. The fraction of sp³-hybridized carbons (Fsp3) is 0.333. The van der Waals surface area contributed by atoms with Crippen LogP contribution in [0.1, 0.15) is 6.42 Å². The second kappa shape index (κ2) is 22.5. The summed E-state index contributed by atoms with van der Waals surface area (Å²) in [6.45, 7) is 0. The normalized spacial score (nSPS) is 9.40. The minimum absolute atomic E-state index is 0. The minimum Gasteiger partial charge on any atom is -0.400 e. The van der Waals surface area contributed by atoms with Crippen molar-refractivity contribution >= 4 is 24.8 Å². The maximum absolute atomic E-state index is 7.00. The minimum atomic E-state index is 0. The van der Waals surface area contributed by atoms with Gasteiger partial charge in [0, 0.05) is 33.3 Å². The Balaban J connectivity index is -0.0000000337. The maximum Gasteiger partial charge on any atom is 0.0319 e. The summed E-state index contributed by atoms with van der Waals surface area (Å²) in [6, 6.07) is 0. The van der Waals surface area contributed by atoms with E-state index in [2.05, 4.69) is 12.2 Å². The van der Waals surface area contributed by atoms with E-state index in [0.717, 1.165) is 13.5 Å². The van der Waals surface area contributed by atoms with Gasteiger partial charge in [-0.1, -0.05) is 0 Å². The zero-order valence-corrected chi connectivity index (χ0v) is 9.79. The summed E-state index contributed by atoms with van der Waals surface area (Å²) in [5.41, 5.74) is 0. The van der Waals surface area contributed by atoms with Gasteiger partial charge in [-0.05, 0) is 0 Å². The van der Waals surface area contributed by atoms with Crippen molar-refractivity contribution < 1.29 is 31.3 Å². The maximum atomic E-state index is 7.00. The number of halogens is 2. The Morgan fingerprint density at radius 2 is 1.80 bits per heavy atom. The molecule has 1 rings (SSSR count). The molecule has 1 nitrogen and oxygen atoms in total. The summed E-state index contributed by atoms with van der Waals surface area (Å²) < 4.78 is 0. The van der Waals surface area contributed by atoms with Crippen LogP contribution in [0.2, 0.25) is 0 Å². The van der Waals surface area contributed by atoms with Gasteiger partial charge in [-0.3, -0.25) is 6.08 Å². The van der Waals surface area contributed by atoms with Crippen LogP contribution in [-0.4, -0.2) is 12.2 Å². The van der Waals surface area contributed by atoms with Gasteiger partial charge in [0.1, 0.15) is 0 Å². The third-order valence-electron chi connectivity index (χ3n) is 0.586. The largest absolute Gasteiger partial charge is 0.400 e. The summed E-state index contributed by atoms with van der Waals surface area (Å²) >= 11 is 0. The van der Waals surface area contributed by atoms with Crippen molar-refractivity contribution in [1.29, 1.82) is 0 Å². The van der Waals surface area contributed by atoms with Gasteiger partial charge in [0.15, 0.2) is 0 Å². The number of aliphatic hydroxyl groups excluding tert-OH is 1. The summed E-state index contributed by atoms with van der Waals surface area (Å²) in [5.74, 6) is 0. The van der Waals surface area contributed by atoms with E-state index >= 15 is 0 Å². The summed E-state index contributed by atoms with van der Waals surface area (Å²) in [6.07, 6.45) is 10.0. The number of aliphatic hydroxyl groups is 1. The summed E-state index contributed by atoms with van der Waals surface area (Å²) in [4.78, 5) is 0. The molecule has 4 heteroatoms. The molecular weight excluding hydrogens is 250 g/mol. The molecule has 1 aliphatic carbocycles. The van der Waals surface area contributed by atoms with Crippen molar-refractivity contribution in [3.63, 3.8) is 0 Å². The van der Waals surface area contributed by atoms with Crippen molar-refractivity contribution in [3.05, 3.63) is 24.3 Å². The average molecular weight is 261 g/mol. The van der Waals surface area contributed by atoms with E-state index in [1.54, 1.807) is 0 Å². The SMILES string of the molecule is CO.Cl.Cl.[C-]1=CC=CC1.[Zr]. The van der Waals surface area contributed by atoms with E-state index in [-0.39, 0.29) is 51.0 Å². The van der Waals surface area contributed by atoms with Crippen molar-refractivity contribution in [2.24, 2.45) is 0 Å². The van der Waals surface area contributed by atoms with Crippen LogP contribution in [0.4, 0.5) is 0 Å². The number of hydrogen-bond donors (Lipinski definition) is 1. The molecule has 1 aliphatic rings. The van der Waals surface area contributed by atoms with Crippen LogP contribution in [0.3, 0.4) is 0 Å². The smallest absolute Gasteiger partial charge is 0.0319 e. The van der Waals surface area contributed by atoms with E-state index < -0.39 is 0 Å². The Bertz CT molecular complexity index is 73.8. The molecule has 0 unspecified atom stereocenters. The van der Waals surface area contributed by atoms with Crippen LogP contribution in [0, 0.1) is 6.08 Å². The van der Waals surface area contributed by atoms with Crippen LogP contribution in [0.15, 0.2) is 18.2 Å². The Morgan fingerprint density at radius 1 is 1.30 bits per heavy atom. The molecule has 0 aromatic heterocycles. The van der Waals surface area contributed by atoms with Crippen molar-refractivity contribution in [1.82, 2.24) is 0 Å². The number of hydrogen-bond acceptors (Lipinski definition) is 1. The fourth-order valence-corrected chi connectivity index (χ4v) is 0.340. The molecule has 0 atom stereocenters. The molecule has 0 aromatic carbocycles. The Kier molecular flexibility index (Phi) is 50.5. The predicted octanol–water partition coefficient (Wildman–Crippen LogP) is 1.76. The molecule has 0 saturated carbocycles. The molecule has 0 saturated heterocycles. The quantitative estimate of drug-likeness (QED) is 0.659. The first-order chi connectivity index (χ1) is 3.50. The van der Waals surface area contributed by atoms with E-state index in [1.165, 1.54) is 0 Å². The molecule has 10 heavy (non-hydrogen) atoms.